The van der Waals surface area contributed by atoms with Crippen LogP contribution < -0.4 is 5.73 Å². The maximum Gasteiger partial charge on any atom is 0.372 e. The summed E-state index contributed by atoms with van der Waals surface area (Å²) in [5.74, 6) is -0.904. The van der Waals surface area contributed by atoms with Crippen LogP contribution in [-0.2, 0) is 11.3 Å². The number of aryl methyl sites for hydroxylation is 1. The highest BCUT2D eigenvalue weighted by atomic mass is 16.4. The standard InChI is InChI=1S/C12H16N2O4/c1-7-5-8(18-10(7)12(16)17)6-14-4-2-3-9(14)11(13)15/h5,9H,2-4,6H2,1H3,(H2,13,15)(H,16,17). The molecule has 0 saturated carbocycles. The van der Waals surface area contributed by atoms with Crippen molar-refractivity contribution >= 4 is 11.9 Å². The predicted octanol–water partition coefficient (Wildman–Crippen LogP) is 0.736. The van der Waals surface area contributed by atoms with Crippen molar-refractivity contribution in [3.05, 3.63) is 23.2 Å². The molecule has 1 atom stereocenters. The summed E-state index contributed by atoms with van der Waals surface area (Å²) < 4.78 is 5.27. The van der Waals surface area contributed by atoms with E-state index < -0.39 is 5.97 Å². The topological polar surface area (TPSA) is 96.8 Å². The van der Waals surface area contributed by atoms with Crippen LogP contribution in [0.25, 0.3) is 0 Å². The van der Waals surface area contributed by atoms with Crippen LogP contribution in [-0.4, -0.2) is 34.5 Å². The van der Waals surface area contributed by atoms with Gasteiger partial charge in [0.25, 0.3) is 0 Å². The minimum atomic E-state index is -1.08. The van der Waals surface area contributed by atoms with Crippen molar-refractivity contribution in [2.45, 2.75) is 32.4 Å². The number of carbonyl (C=O) groups is 2. The number of aromatic carboxylic acids is 1. The molecule has 98 valence electrons. The van der Waals surface area contributed by atoms with Gasteiger partial charge in [-0.3, -0.25) is 9.69 Å². The summed E-state index contributed by atoms with van der Waals surface area (Å²) in [4.78, 5) is 24.0. The quantitative estimate of drug-likeness (QED) is 0.823. The van der Waals surface area contributed by atoms with Crippen LogP contribution in [0.4, 0.5) is 0 Å². The number of furan rings is 1. The number of carboxylic acids is 1. The zero-order valence-corrected chi connectivity index (χ0v) is 10.2. The number of primary amides is 1. The summed E-state index contributed by atoms with van der Waals surface area (Å²) in [6, 6.07) is 1.42. The first-order valence-corrected chi connectivity index (χ1v) is 5.85. The highest BCUT2D eigenvalue weighted by Crippen LogP contribution is 2.22. The number of amides is 1. The summed E-state index contributed by atoms with van der Waals surface area (Å²) in [5.41, 5.74) is 5.91. The maximum absolute atomic E-state index is 11.2. The van der Waals surface area contributed by atoms with Crippen LogP contribution in [0.15, 0.2) is 10.5 Å². The van der Waals surface area contributed by atoms with Gasteiger partial charge in [-0.1, -0.05) is 0 Å². The van der Waals surface area contributed by atoms with Crippen LogP contribution in [0.5, 0.6) is 0 Å². The second-order valence-electron chi connectivity index (χ2n) is 4.56. The molecule has 1 aromatic heterocycles. The molecule has 1 amide bonds. The smallest absolute Gasteiger partial charge is 0.372 e. The second kappa shape index (κ2) is 4.81. The number of carbonyl (C=O) groups excluding carboxylic acids is 1. The zero-order chi connectivity index (χ0) is 13.3. The fourth-order valence-corrected chi connectivity index (χ4v) is 2.38. The van der Waals surface area contributed by atoms with Crippen LogP contribution in [0.2, 0.25) is 0 Å². The van der Waals surface area contributed by atoms with E-state index in [1.807, 2.05) is 4.90 Å². The molecule has 18 heavy (non-hydrogen) atoms. The van der Waals surface area contributed by atoms with Gasteiger partial charge in [0.15, 0.2) is 0 Å². The predicted molar refractivity (Wildman–Crippen MR) is 63.0 cm³/mol. The molecule has 6 heteroatoms. The van der Waals surface area contributed by atoms with Gasteiger partial charge in [-0.05, 0) is 32.4 Å². The number of hydrogen-bond donors (Lipinski definition) is 2. The van der Waals surface area contributed by atoms with E-state index in [9.17, 15) is 9.59 Å². The molecule has 2 rings (SSSR count). The lowest BCUT2D eigenvalue weighted by Crippen LogP contribution is -2.39. The number of carboxylic acid groups (broad SMARTS) is 1. The van der Waals surface area contributed by atoms with Gasteiger partial charge < -0.3 is 15.3 Å². The van der Waals surface area contributed by atoms with Crippen LogP contribution in [0, 0.1) is 6.92 Å². The molecule has 1 aliphatic heterocycles. The second-order valence-corrected chi connectivity index (χ2v) is 4.56. The van der Waals surface area contributed by atoms with E-state index >= 15 is 0 Å². The third-order valence-corrected chi connectivity index (χ3v) is 3.21. The average molecular weight is 252 g/mol. The molecule has 2 heterocycles. The Morgan fingerprint density at radius 2 is 2.33 bits per heavy atom. The minimum Gasteiger partial charge on any atom is -0.475 e. The Balaban J connectivity index is 2.12. The number of nitrogens with two attached hydrogens (primary N) is 1. The maximum atomic E-state index is 11.2. The monoisotopic (exact) mass is 252 g/mol. The van der Waals surface area contributed by atoms with Crippen molar-refractivity contribution in [1.82, 2.24) is 4.90 Å². The Labute approximate surface area is 104 Å². The molecule has 1 aliphatic rings. The van der Waals surface area contributed by atoms with Gasteiger partial charge in [0.05, 0.1) is 12.6 Å². The van der Waals surface area contributed by atoms with Crippen molar-refractivity contribution in [3.8, 4) is 0 Å². The fraction of sp³-hybridized carbons (Fsp3) is 0.500. The Morgan fingerprint density at radius 1 is 1.61 bits per heavy atom. The number of rotatable bonds is 4. The van der Waals surface area contributed by atoms with Crippen molar-refractivity contribution in [2.24, 2.45) is 5.73 Å². The van der Waals surface area contributed by atoms with Crippen LogP contribution in [0.3, 0.4) is 0 Å². The summed E-state index contributed by atoms with van der Waals surface area (Å²) in [6.45, 7) is 2.88. The van der Waals surface area contributed by atoms with Crippen LogP contribution in [0.1, 0.15) is 34.7 Å². The van der Waals surface area contributed by atoms with Crippen LogP contribution >= 0.6 is 0 Å². The third-order valence-electron chi connectivity index (χ3n) is 3.21. The van der Waals surface area contributed by atoms with E-state index in [1.54, 1.807) is 13.0 Å². The number of hydrogen-bond acceptors (Lipinski definition) is 4. The normalized spacial score (nSPS) is 20.2. The molecule has 1 unspecified atom stereocenters. The molecule has 0 aliphatic carbocycles. The van der Waals surface area contributed by atoms with Crippen molar-refractivity contribution in [3.63, 3.8) is 0 Å². The zero-order valence-electron chi connectivity index (χ0n) is 10.2. The lowest BCUT2D eigenvalue weighted by atomic mass is 10.2. The Kier molecular flexibility index (Phi) is 3.38. The van der Waals surface area contributed by atoms with Gasteiger partial charge in [0, 0.05) is 5.56 Å². The van der Waals surface area contributed by atoms with Crippen molar-refractivity contribution in [1.29, 1.82) is 0 Å². The first kappa shape index (κ1) is 12.6. The number of likely N-dealkylation sites (tertiary alicyclic amines) is 1. The summed E-state index contributed by atoms with van der Waals surface area (Å²) in [6.07, 6.45) is 1.67. The van der Waals surface area contributed by atoms with Crippen molar-refractivity contribution in [2.75, 3.05) is 6.54 Å². The fourth-order valence-electron chi connectivity index (χ4n) is 2.38. The molecule has 6 nitrogen and oxygen atoms in total. The molecular formula is C12H16N2O4. The van der Waals surface area contributed by atoms with Gasteiger partial charge in [-0.15, -0.1) is 0 Å². The van der Waals surface area contributed by atoms with Gasteiger partial charge in [-0.2, -0.15) is 0 Å². The number of nitrogens with zero attached hydrogens (tertiary/aromatic N) is 1. The lowest BCUT2D eigenvalue weighted by Gasteiger charge is -2.20. The van der Waals surface area contributed by atoms with Gasteiger partial charge >= 0.3 is 5.97 Å². The Bertz CT molecular complexity index is 480. The molecule has 1 saturated heterocycles. The Morgan fingerprint density at radius 3 is 2.89 bits per heavy atom. The first-order valence-electron chi connectivity index (χ1n) is 5.85. The first-order chi connectivity index (χ1) is 8.49. The van der Waals surface area contributed by atoms with Gasteiger partial charge in [-0.25, -0.2) is 4.79 Å². The van der Waals surface area contributed by atoms with Crippen molar-refractivity contribution < 1.29 is 19.1 Å². The molecule has 0 radical (unpaired) electrons. The SMILES string of the molecule is Cc1cc(CN2CCCC2C(N)=O)oc1C(=O)O. The van der Waals surface area contributed by atoms with E-state index in [1.165, 1.54) is 0 Å². The third kappa shape index (κ3) is 2.38. The molecule has 3 N–H and O–H groups in total. The van der Waals surface area contributed by atoms with E-state index in [4.69, 9.17) is 15.3 Å². The summed E-state index contributed by atoms with van der Waals surface area (Å²) in [7, 11) is 0. The average Bonchev–Trinajstić information content (AvgIpc) is 2.85. The molecule has 0 bridgehead atoms. The summed E-state index contributed by atoms with van der Waals surface area (Å²) >= 11 is 0. The molecule has 0 aromatic carbocycles. The van der Waals surface area contributed by atoms with E-state index in [2.05, 4.69) is 0 Å². The lowest BCUT2D eigenvalue weighted by molar-refractivity contribution is -0.122. The largest absolute Gasteiger partial charge is 0.475 e. The van der Waals surface area contributed by atoms with E-state index in [-0.39, 0.29) is 17.7 Å². The Hall–Kier alpha value is -1.82. The molecular weight excluding hydrogens is 236 g/mol. The minimum absolute atomic E-state index is 0.0418. The summed E-state index contributed by atoms with van der Waals surface area (Å²) in [5, 5.41) is 8.90. The molecule has 1 fully saturated rings. The highest BCUT2D eigenvalue weighted by Gasteiger charge is 2.30. The molecule has 1 aromatic rings. The molecule has 0 spiro atoms. The van der Waals surface area contributed by atoms with E-state index in [0.29, 0.717) is 17.9 Å². The van der Waals surface area contributed by atoms with Gasteiger partial charge in [0.2, 0.25) is 11.7 Å². The van der Waals surface area contributed by atoms with E-state index in [0.717, 1.165) is 19.4 Å². The van der Waals surface area contributed by atoms with Gasteiger partial charge in [0.1, 0.15) is 5.76 Å². The highest BCUT2D eigenvalue weighted by molar-refractivity contribution is 5.86.